The molecule has 0 aromatic rings. The Balaban J connectivity index is -0.000000120. The van der Waals surface area contributed by atoms with Gasteiger partial charge in [0.25, 0.3) is 0 Å². The fourth-order valence-electron chi connectivity index (χ4n) is 1.48. The van der Waals surface area contributed by atoms with Crippen LogP contribution in [0.3, 0.4) is 0 Å². The third-order valence-electron chi connectivity index (χ3n) is 2.17. The van der Waals surface area contributed by atoms with Gasteiger partial charge in [0.2, 0.25) is 0 Å². The van der Waals surface area contributed by atoms with E-state index in [9.17, 15) is 19.2 Å². The number of rotatable bonds is 11. The third kappa shape index (κ3) is 28.4. The Morgan fingerprint density at radius 2 is 0.654 bits per heavy atom. The van der Waals surface area contributed by atoms with Crippen LogP contribution >= 0.6 is 0 Å². The minimum absolute atomic E-state index is 0. The zero-order valence-electron chi connectivity index (χ0n) is 14.6. The number of carbonyl (C=O) groups is 4. The normalized spacial score (nSPS) is 8.23. The van der Waals surface area contributed by atoms with E-state index in [1.807, 2.05) is 0 Å². The Morgan fingerprint density at radius 3 is 0.769 bits per heavy atom. The van der Waals surface area contributed by atoms with Gasteiger partial charge in [-0.1, -0.05) is 0 Å². The molecule has 0 atom stereocenters. The monoisotopic (exact) mass is 410 g/mol. The molecular formula is C10H24N2Na2O12. The topological polar surface area (TPSA) is 282 Å². The van der Waals surface area contributed by atoms with E-state index in [1.165, 1.54) is 0 Å². The first kappa shape index (κ1) is 44.8. The van der Waals surface area contributed by atoms with Crippen molar-refractivity contribution in [1.82, 2.24) is 9.80 Å². The van der Waals surface area contributed by atoms with Gasteiger partial charge in [0.15, 0.2) is 0 Å². The van der Waals surface area contributed by atoms with Gasteiger partial charge in [-0.25, -0.2) is 0 Å². The van der Waals surface area contributed by atoms with Crippen molar-refractivity contribution in [2.75, 3.05) is 39.3 Å². The van der Waals surface area contributed by atoms with Crippen molar-refractivity contribution >= 4 is 83.0 Å². The zero-order valence-corrected chi connectivity index (χ0v) is 18.6. The third-order valence-corrected chi connectivity index (χ3v) is 2.17. The average Bonchev–Trinajstić information content (AvgIpc) is 2.22. The summed E-state index contributed by atoms with van der Waals surface area (Å²) >= 11 is 0. The molecular weight excluding hydrogens is 386 g/mol. The number of nitrogens with zero attached hydrogens (tertiary/aromatic N) is 2. The van der Waals surface area contributed by atoms with E-state index in [0.717, 1.165) is 9.80 Å². The summed E-state index contributed by atoms with van der Waals surface area (Å²) in [5.74, 6) is -4.91. The second kappa shape index (κ2) is 24.6. The fraction of sp³-hybridized carbons (Fsp3) is 0.600. The molecule has 0 fully saturated rings. The van der Waals surface area contributed by atoms with E-state index in [0.29, 0.717) is 0 Å². The van der Waals surface area contributed by atoms with Crippen LogP contribution in [0.4, 0.5) is 0 Å². The summed E-state index contributed by atoms with van der Waals surface area (Å²) in [7, 11) is 0. The Morgan fingerprint density at radius 1 is 0.500 bits per heavy atom. The minimum atomic E-state index is -1.23. The van der Waals surface area contributed by atoms with Crippen molar-refractivity contribution in [3.8, 4) is 0 Å². The molecule has 0 aromatic heterocycles. The van der Waals surface area contributed by atoms with Crippen molar-refractivity contribution < 1.29 is 61.5 Å². The van der Waals surface area contributed by atoms with Crippen LogP contribution in [-0.2, 0) is 19.2 Å². The second-order valence-corrected chi connectivity index (χ2v) is 4.00. The molecule has 0 amide bonds. The smallest absolute Gasteiger partial charge is 0.317 e. The molecule has 0 heterocycles. The fourth-order valence-corrected chi connectivity index (χ4v) is 1.48. The Kier molecular flexibility index (Phi) is 42.5. The first-order valence-corrected chi connectivity index (χ1v) is 5.52. The number of hydrogen-bond donors (Lipinski definition) is 4. The Hall–Kier alpha value is -0.360. The summed E-state index contributed by atoms with van der Waals surface area (Å²) in [4.78, 5) is 44.4. The van der Waals surface area contributed by atoms with Gasteiger partial charge in [-0.05, 0) is 0 Å². The van der Waals surface area contributed by atoms with Crippen molar-refractivity contribution in [1.29, 1.82) is 0 Å². The van der Waals surface area contributed by atoms with Crippen LogP contribution in [0.15, 0.2) is 0 Å². The summed E-state index contributed by atoms with van der Waals surface area (Å²) in [5, 5.41) is 34.5. The molecule has 0 aliphatic carbocycles. The molecule has 2 radical (unpaired) electrons. The maximum absolute atomic E-state index is 10.6. The molecule has 12 N–H and O–H groups in total. The molecule has 0 rings (SSSR count). The first-order chi connectivity index (χ1) is 9.20. The van der Waals surface area contributed by atoms with Crippen LogP contribution in [0.5, 0.6) is 0 Å². The van der Waals surface area contributed by atoms with Gasteiger partial charge in [0, 0.05) is 72.2 Å². The number of carboxylic acid groups (broad SMARTS) is 4. The molecule has 0 bridgehead atoms. The van der Waals surface area contributed by atoms with Crippen LogP contribution < -0.4 is 0 Å². The second-order valence-electron chi connectivity index (χ2n) is 4.00. The average molecular weight is 410 g/mol. The predicted octanol–water partition coefficient (Wildman–Crippen LogP) is -6.13. The molecule has 14 nitrogen and oxygen atoms in total. The summed E-state index contributed by atoms with van der Waals surface area (Å²) in [6, 6.07) is 0. The van der Waals surface area contributed by atoms with Crippen LogP contribution in [-0.4, -0.2) is 174 Å². The maximum atomic E-state index is 10.6. The molecule has 0 unspecified atom stereocenters. The molecule has 16 heteroatoms. The number of hydrogen-bond acceptors (Lipinski definition) is 6. The molecule has 0 aliphatic heterocycles. The van der Waals surface area contributed by atoms with Gasteiger partial charge in [-0.15, -0.1) is 0 Å². The number of carboxylic acids is 4. The maximum Gasteiger partial charge on any atom is 0.317 e. The quantitative estimate of drug-likeness (QED) is 0.234. The van der Waals surface area contributed by atoms with Crippen LogP contribution in [0, 0.1) is 0 Å². The molecule has 0 aromatic carbocycles. The van der Waals surface area contributed by atoms with Crippen LogP contribution in [0.2, 0.25) is 0 Å². The molecule has 0 spiro atoms. The molecule has 0 aliphatic rings. The number of aliphatic carboxylic acids is 4. The van der Waals surface area contributed by atoms with E-state index < -0.39 is 50.1 Å². The molecule has 26 heavy (non-hydrogen) atoms. The van der Waals surface area contributed by atoms with E-state index in [4.69, 9.17) is 20.4 Å². The largest absolute Gasteiger partial charge is 0.480 e. The first-order valence-electron chi connectivity index (χ1n) is 5.52. The molecule has 0 saturated carbocycles. The molecule has 0 saturated heterocycles. The summed E-state index contributed by atoms with van der Waals surface area (Å²) in [6.45, 7) is -2.25. The van der Waals surface area contributed by atoms with Gasteiger partial charge in [0.05, 0.1) is 26.2 Å². The van der Waals surface area contributed by atoms with E-state index in [1.54, 1.807) is 0 Å². The predicted molar refractivity (Wildman–Crippen MR) is 89.4 cm³/mol. The van der Waals surface area contributed by atoms with Crippen molar-refractivity contribution in [2.45, 2.75) is 0 Å². The van der Waals surface area contributed by atoms with E-state index in [2.05, 4.69) is 0 Å². The van der Waals surface area contributed by atoms with Gasteiger partial charge in [-0.2, -0.15) is 0 Å². The van der Waals surface area contributed by atoms with Gasteiger partial charge in [0.1, 0.15) is 0 Å². The van der Waals surface area contributed by atoms with E-state index >= 15 is 0 Å². The molecule has 148 valence electrons. The summed E-state index contributed by atoms with van der Waals surface area (Å²) in [6.07, 6.45) is 0. The SMILES string of the molecule is O.O.O.O.O=C(O)CN(CCN(CC(=O)O)CC(=O)O)CC(=O)O.[Na].[Na]. The van der Waals surface area contributed by atoms with Crippen LogP contribution in [0.25, 0.3) is 0 Å². The minimum Gasteiger partial charge on any atom is -0.480 e. The summed E-state index contributed by atoms with van der Waals surface area (Å²) in [5.41, 5.74) is 0. The standard InChI is InChI=1S/C10H16N2O8.2Na.4H2O/c13-7(14)3-11(4-8(15)16)1-2-12(5-9(17)18)6-10(19)20;;;;;;/h1-6H2,(H,13,14)(H,15,16)(H,17,18)(H,19,20);;;4*1H2. The van der Waals surface area contributed by atoms with Crippen molar-refractivity contribution in [2.24, 2.45) is 0 Å². The Bertz CT molecular complexity index is 330. The van der Waals surface area contributed by atoms with Crippen molar-refractivity contribution in [3.05, 3.63) is 0 Å². The van der Waals surface area contributed by atoms with Crippen molar-refractivity contribution in [3.63, 3.8) is 0 Å². The van der Waals surface area contributed by atoms with Gasteiger partial charge >= 0.3 is 23.9 Å². The van der Waals surface area contributed by atoms with E-state index in [-0.39, 0.29) is 94.1 Å². The van der Waals surface area contributed by atoms with Gasteiger partial charge < -0.3 is 42.3 Å². The van der Waals surface area contributed by atoms with Gasteiger partial charge in [-0.3, -0.25) is 29.0 Å². The summed E-state index contributed by atoms with van der Waals surface area (Å²) < 4.78 is 0. The Labute approximate surface area is 192 Å². The zero-order chi connectivity index (χ0) is 15.7. The van der Waals surface area contributed by atoms with Crippen LogP contribution in [0.1, 0.15) is 0 Å².